The predicted molar refractivity (Wildman–Crippen MR) is 78.0 cm³/mol. The topological polar surface area (TPSA) is 38.1 Å². The second-order valence-corrected chi connectivity index (χ2v) is 5.51. The van der Waals surface area contributed by atoms with Crippen LogP contribution in [0.2, 0.25) is 0 Å². The van der Waals surface area contributed by atoms with Crippen LogP contribution in [0.15, 0.2) is 28.8 Å². The minimum Gasteiger partial charge on any atom is -0.356 e. The maximum Gasteiger partial charge on any atom is 0.167 e. The molecule has 0 spiro atoms. The van der Waals surface area contributed by atoms with E-state index in [1.165, 1.54) is 11.1 Å². The Labute approximate surface area is 115 Å². The van der Waals surface area contributed by atoms with Crippen LogP contribution in [0.3, 0.4) is 0 Å². The molecule has 0 aliphatic carbocycles. The van der Waals surface area contributed by atoms with Gasteiger partial charge < -0.3 is 9.84 Å². The largest absolute Gasteiger partial charge is 0.356 e. The fraction of sp³-hybridized carbons (Fsp3) is 0.438. The minimum absolute atomic E-state index is 0.645. The zero-order valence-corrected chi connectivity index (χ0v) is 12.2. The molecule has 0 unspecified atom stereocenters. The zero-order chi connectivity index (χ0) is 13.8. The lowest BCUT2D eigenvalue weighted by molar-refractivity contribution is 0.418. The molecule has 2 aromatic rings. The van der Waals surface area contributed by atoms with E-state index >= 15 is 0 Å². The van der Waals surface area contributed by atoms with Gasteiger partial charge in [-0.3, -0.25) is 0 Å². The lowest BCUT2D eigenvalue weighted by Gasteiger charge is -2.04. The molecular formula is C16H22N2O. The number of aromatic nitrogens is 1. The first-order valence-corrected chi connectivity index (χ1v) is 6.80. The Kier molecular flexibility index (Phi) is 4.38. The van der Waals surface area contributed by atoms with Gasteiger partial charge in [-0.15, -0.1) is 0 Å². The van der Waals surface area contributed by atoms with Crippen molar-refractivity contribution in [1.29, 1.82) is 0 Å². The summed E-state index contributed by atoms with van der Waals surface area (Å²) in [5.41, 5.74) is 4.61. The second kappa shape index (κ2) is 6.02. The van der Waals surface area contributed by atoms with Gasteiger partial charge in [-0.1, -0.05) is 31.1 Å². The van der Waals surface area contributed by atoms with Gasteiger partial charge in [-0.2, -0.15) is 0 Å². The molecule has 102 valence electrons. The predicted octanol–water partition coefficient (Wildman–Crippen LogP) is 3.70. The molecule has 0 fully saturated rings. The molecule has 0 bridgehead atoms. The van der Waals surface area contributed by atoms with Gasteiger partial charge in [-0.25, -0.2) is 0 Å². The van der Waals surface area contributed by atoms with Crippen LogP contribution in [-0.2, 0) is 6.54 Å². The van der Waals surface area contributed by atoms with Crippen LogP contribution in [-0.4, -0.2) is 11.7 Å². The number of hydrogen-bond acceptors (Lipinski definition) is 3. The third kappa shape index (κ3) is 3.67. The molecule has 0 atom stereocenters. The van der Waals surface area contributed by atoms with E-state index in [0.29, 0.717) is 5.92 Å². The van der Waals surface area contributed by atoms with E-state index < -0.39 is 0 Å². The van der Waals surface area contributed by atoms with Crippen molar-refractivity contribution in [2.75, 3.05) is 6.54 Å². The molecule has 1 N–H and O–H groups in total. The van der Waals surface area contributed by atoms with Crippen molar-refractivity contribution in [3.05, 3.63) is 41.1 Å². The van der Waals surface area contributed by atoms with Gasteiger partial charge >= 0.3 is 0 Å². The SMILES string of the molecule is Cc1ccc(-c2cc(CNCC(C)C)no2)cc1C. The van der Waals surface area contributed by atoms with Crippen molar-refractivity contribution in [2.45, 2.75) is 34.2 Å². The summed E-state index contributed by atoms with van der Waals surface area (Å²) >= 11 is 0. The highest BCUT2D eigenvalue weighted by atomic mass is 16.5. The quantitative estimate of drug-likeness (QED) is 0.888. The standard InChI is InChI=1S/C16H22N2O/c1-11(2)9-17-10-15-8-16(19-18-15)14-6-5-12(3)13(4)7-14/h5-8,11,17H,9-10H2,1-4H3. The molecule has 1 aromatic carbocycles. The van der Waals surface area contributed by atoms with Gasteiger partial charge in [0.2, 0.25) is 0 Å². The van der Waals surface area contributed by atoms with E-state index in [2.05, 4.69) is 56.4 Å². The Morgan fingerprint density at radius 1 is 1.16 bits per heavy atom. The number of nitrogens with zero attached hydrogens (tertiary/aromatic N) is 1. The molecule has 1 aromatic heterocycles. The van der Waals surface area contributed by atoms with E-state index in [1.807, 2.05) is 6.07 Å². The van der Waals surface area contributed by atoms with Crippen molar-refractivity contribution >= 4 is 0 Å². The number of nitrogens with one attached hydrogen (secondary N) is 1. The second-order valence-electron chi connectivity index (χ2n) is 5.51. The highest BCUT2D eigenvalue weighted by Crippen LogP contribution is 2.22. The van der Waals surface area contributed by atoms with Gasteiger partial charge in [0.05, 0.1) is 5.69 Å². The lowest BCUT2D eigenvalue weighted by atomic mass is 10.0. The maximum absolute atomic E-state index is 5.41. The summed E-state index contributed by atoms with van der Waals surface area (Å²) in [6.45, 7) is 10.4. The van der Waals surface area contributed by atoms with Gasteiger partial charge in [-0.05, 0) is 43.5 Å². The first-order valence-electron chi connectivity index (χ1n) is 6.80. The number of rotatable bonds is 5. The summed E-state index contributed by atoms with van der Waals surface area (Å²) in [4.78, 5) is 0. The maximum atomic E-state index is 5.41. The molecule has 0 aliphatic rings. The average Bonchev–Trinajstić information content (AvgIpc) is 2.81. The highest BCUT2D eigenvalue weighted by Gasteiger charge is 2.07. The summed E-state index contributed by atoms with van der Waals surface area (Å²) in [5, 5.41) is 7.47. The summed E-state index contributed by atoms with van der Waals surface area (Å²) in [6, 6.07) is 8.34. The van der Waals surface area contributed by atoms with Crippen LogP contribution < -0.4 is 5.32 Å². The average molecular weight is 258 g/mol. The number of hydrogen-bond donors (Lipinski definition) is 1. The summed E-state index contributed by atoms with van der Waals surface area (Å²) in [6.07, 6.45) is 0. The molecule has 0 saturated carbocycles. The first kappa shape index (κ1) is 13.8. The Bertz CT molecular complexity index is 543. The first-order chi connectivity index (χ1) is 9.06. The van der Waals surface area contributed by atoms with Crippen LogP contribution >= 0.6 is 0 Å². The van der Waals surface area contributed by atoms with Crippen LogP contribution in [0.1, 0.15) is 30.7 Å². The fourth-order valence-electron chi connectivity index (χ4n) is 1.91. The molecule has 3 heteroatoms. The van der Waals surface area contributed by atoms with Crippen LogP contribution in [0.4, 0.5) is 0 Å². The third-order valence-corrected chi connectivity index (χ3v) is 3.21. The smallest absolute Gasteiger partial charge is 0.167 e. The molecule has 2 rings (SSSR count). The van der Waals surface area contributed by atoms with Crippen molar-refractivity contribution < 1.29 is 4.52 Å². The number of aryl methyl sites for hydroxylation is 2. The van der Waals surface area contributed by atoms with Gasteiger partial charge in [0.25, 0.3) is 0 Å². The highest BCUT2D eigenvalue weighted by molar-refractivity contribution is 5.59. The molecule has 0 radical (unpaired) electrons. The van der Waals surface area contributed by atoms with E-state index in [0.717, 1.165) is 30.1 Å². The molecule has 1 heterocycles. The van der Waals surface area contributed by atoms with Gasteiger partial charge in [0.1, 0.15) is 0 Å². The summed E-state index contributed by atoms with van der Waals surface area (Å²) < 4.78 is 5.41. The Balaban J connectivity index is 2.05. The molecule has 0 saturated heterocycles. The molecule has 0 amide bonds. The normalized spacial score (nSPS) is 11.2. The van der Waals surface area contributed by atoms with Gasteiger partial charge in [0.15, 0.2) is 5.76 Å². The molecule has 3 nitrogen and oxygen atoms in total. The van der Waals surface area contributed by atoms with E-state index in [1.54, 1.807) is 0 Å². The third-order valence-electron chi connectivity index (χ3n) is 3.21. The summed E-state index contributed by atoms with van der Waals surface area (Å²) in [5.74, 6) is 1.48. The Hall–Kier alpha value is -1.61. The lowest BCUT2D eigenvalue weighted by Crippen LogP contribution is -2.18. The van der Waals surface area contributed by atoms with Crippen molar-refractivity contribution in [3.8, 4) is 11.3 Å². The van der Waals surface area contributed by atoms with Crippen molar-refractivity contribution in [1.82, 2.24) is 10.5 Å². The van der Waals surface area contributed by atoms with E-state index in [9.17, 15) is 0 Å². The molecule has 19 heavy (non-hydrogen) atoms. The van der Waals surface area contributed by atoms with E-state index in [-0.39, 0.29) is 0 Å². The zero-order valence-electron chi connectivity index (χ0n) is 12.2. The van der Waals surface area contributed by atoms with Crippen molar-refractivity contribution in [2.24, 2.45) is 5.92 Å². The minimum atomic E-state index is 0.645. The summed E-state index contributed by atoms with van der Waals surface area (Å²) in [7, 11) is 0. The van der Waals surface area contributed by atoms with Gasteiger partial charge in [0, 0.05) is 18.2 Å². The van der Waals surface area contributed by atoms with Crippen molar-refractivity contribution in [3.63, 3.8) is 0 Å². The Morgan fingerprint density at radius 2 is 1.95 bits per heavy atom. The van der Waals surface area contributed by atoms with Crippen LogP contribution in [0, 0.1) is 19.8 Å². The van der Waals surface area contributed by atoms with Crippen LogP contribution in [0.5, 0.6) is 0 Å². The molecular weight excluding hydrogens is 236 g/mol. The fourth-order valence-corrected chi connectivity index (χ4v) is 1.91. The molecule has 0 aliphatic heterocycles. The Morgan fingerprint density at radius 3 is 2.63 bits per heavy atom. The van der Waals surface area contributed by atoms with Crippen LogP contribution in [0.25, 0.3) is 11.3 Å². The number of benzene rings is 1. The van der Waals surface area contributed by atoms with E-state index in [4.69, 9.17) is 4.52 Å². The monoisotopic (exact) mass is 258 g/mol.